The highest BCUT2D eigenvalue weighted by Crippen LogP contribution is 2.27. The summed E-state index contributed by atoms with van der Waals surface area (Å²) in [4.78, 5) is 11.9. The van der Waals surface area contributed by atoms with Gasteiger partial charge in [0.1, 0.15) is 0 Å². The number of phenolic OH excluding ortho intramolecular Hbond substituents is 2. The molecule has 134 valence electrons. The van der Waals surface area contributed by atoms with E-state index in [1.54, 1.807) is 20.3 Å². The van der Waals surface area contributed by atoms with Crippen molar-refractivity contribution in [2.75, 3.05) is 20.8 Å². The van der Waals surface area contributed by atoms with Crippen molar-refractivity contribution in [3.05, 3.63) is 47.5 Å². The average Bonchev–Trinajstić information content (AvgIpc) is 2.62. The number of ether oxygens (including phenoxy) is 2. The first-order valence-corrected chi connectivity index (χ1v) is 8.02. The predicted molar refractivity (Wildman–Crippen MR) is 94.4 cm³/mol. The molecule has 0 aliphatic rings. The summed E-state index contributed by atoms with van der Waals surface area (Å²) in [6.07, 6.45) is 1.50. The molecule has 2 rings (SSSR count). The van der Waals surface area contributed by atoms with Crippen molar-refractivity contribution in [3.63, 3.8) is 0 Å². The average molecular weight is 345 g/mol. The lowest BCUT2D eigenvalue weighted by molar-refractivity contribution is -0.121. The Kier molecular flexibility index (Phi) is 6.51. The number of rotatable bonds is 8. The first kappa shape index (κ1) is 18.4. The SMILES string of the molecule is COc1ccc(CCNC(=O)CCc2ccc(O)c(O)c2)cc1OC. The largest absolute Gasteiger partial charge is 0.504 e. The second kappa shape index (κ2) is 8.82. The van der Waals surface area contributed by atoms with Crippen molar-refractivity contribution in [2.45, 2.75) is 19.3 Å². The minimum Gasteiger partial charge on any atom is -0.504 e. The fourth-order valence-corrected chi connectivity index (χ4v) is 2.45. The number of benzene rings is 2. The number of methoxy groups -OCH3 is 2. The lowest BCUT2D eigenvalue weighted by Crippen LogP contribution is -2.25. The van der Waals surface area contributed by atoms with Crippen LogP contribution in [0, 0.1) is 0 Å². The summed E-state index contributed by atoms with van der Waals surface area (Å²) in [5.41, 5.74) is 1.84. The summed E-state index contributed by atoms with van der Waals surface area (Å²) in [6.45, 7) is 0.523. The standard InChI is InChI=1S/C19H23NO5/c1-24-17-7-4-14(12-18(17)25-2)9-10-20-19(23)8-5-13-3-6-15(21)16(22)11-13/h3-4,6-7,11-12,21-22H,5,8-10H2,1-2H3,(H,20,23). The molecular weight excluding hydrogens is 322 g/mol. The van der Waals surface area contributed by atoms with Crippen molar-refractivity contribution in [2.24, 2.45) is 0 Å². The molecule has 0 unspecified atom stereocenters. The number of carbonyl (C=O) groups is 1. The van der Waals surface area contributed by atoms with Gasteiger partial charge in [-0.2, -0.15) is 0 Å². The first-order chi connectivity index (χ1) is 12.0. The summed E-state index contributed by atoms with van der Waals surface area (Å²) in [6, 6.07) is 10.2. The van der Waals surface area contributed by atoms with E-state index in [0.29, 0.717) is 37.3 Å². The number of phenols is 2. The lowest BCUT2D eigenvalue weighted by Gasteiger charge is -2.10. The first-order valence-electron chi connectivity index (χ1n) is 8.02. The van der Waals surface area contributed by atoms with E-state index in [4.69, 9.17) is 9.47 Å². The smallest absolute Gasteiger partial charge is 0.220 e. The van der Waals surface area contributed by atoms with Crippen LogP contribution < -0.4 is 14.8 Å². The van der Waals surface area contributed by atoms with Gasteiger partial charge < -0.3 is 25.0 Å². The molecule has 0 bridgehead atoms. The molecule has 0 fully saturated rings. The number of amides is 1. The zero-order chi connectivity index (χ0) is 18.2. The predicted octanol–water partition coefficient (Wildman–Crippen LogP) is 2.41. The number of aryl methyl sites for hydroxylation is 1. The van der Waals surface area contributed by atoms with Crippen LogP contribution in [-0.2, 0) is 17.6 Å². The van der Waals surface area contributed by atoms with Crippen molar-refractivity contribution in [3.8, 4) is 23.0 Å². The second-order valence-corrected chi connectivity index (χ2v) is 5.61. The van der Waals surface area contributed by atoms with E-state index in [9.17, 15) is 15.0 Å². The van der Waals surface area contributed by atoms with Gasteiger partial charge >= 0.3 is 0 Å². The van der Waals surface area contributed by atoms with E-state index < -0.39 is 0 Å². The highest BCUT2D eigenvalue weighted by Gasteiger charge is 2.07. The Balaban J connectivity index is 1.77. The summed E-state index contributed by atoms with van der Waals surface area (Å²) in [7, 11) is 3.18. The highest BCUT2D eigenvalue weighted by molar-refractivity contribution is 5.76. The minimum absolute atomic E-state index is 0.0620. The van der Waals surface area contributed by atoms with Crippen LogP contribution in [-0.4, -0.2) is 36.9 Å². The molecule has 0 atom stereocenters. The molecule has 25 heavy (non-hydrogen) atoms. The lowest BCUT2D eigenvalue weighted by atomic mass is 10.1. The zero-order valence-corrected chi connectivity index (χ0v) is 14.4. The summed E-state index contributed by atoms with van der Waals surface area (Å²) in [5.74, 6) is 0.938. The number of nitrogens with one attached hydrogen (secondary N) is 1. The summed E-state index contributed by atoms with van der Waals surface area (Å²) < 4.78 is 10.5. The highest BCUT2D eigenvalue weighted by atomic mass is 16.5. The Morgan fingerprint density at radius 1 is 0.920 bits per heavy atom. The molecule has 1 amide bonds. The fourth-order valence-electron chi connectivity index (χ4n) is 2.45. The fraction of sp³-hybridized carbons (Fsp3) is 0.316. The molecule has 0 saturated heterocycles. The van der Waals surface area contributed by atoms with Gasteiger partial charge in [-0.25, -0.2) is 0 Å². The van der Waals surface area contributed by atoms with Crippen LogP contribution in [0.25, 0.3) is 0 Å². The second-order valence-electron chi connectivity index (χ2n) is 5.61. The Morgan fingerprint density at radius 3 is 2.28 bits per heavy atom. The molecule has 0 spiro atoms. The van der Waals surface area contributed by atoms with Gasteiger partial charge in [-0.1, -0.05) is 12.1 Å². The maximum absolute atomic E-state index is 11.9. The van der Waals surface area contributed by atoms with Crippen LogP contribution in [0.4, 0.5) is 0 Å². The van der Waals surface area contributed by atoms with Crippen LogP contribution in [0.15, 0.2) is 36.4 Å². The van der Waals surface area contributed by atoms with Gasteiger partial charge in [-0.05, 0) is 48.2 Å². The van der Waals surface area contributed by atoms with E-state index in [1.165, 1.54) is 12.1 Å². The third kappa shape index (κ3) is 5.31. The van der Waals surface area contributed by atoms with Crippen molar-refractivity contribution in [1.29, 1.82) is 0 Å². The van der Waals surface area contributed by atoms with Crippen LogP contribution in [0.3, 0.4) is 0 Å². The monoisotopic (exact) mass is 345 g/mol. The van der Waals surface area contributed by atoms with E-state index in [0.717, 1.165) is 11.1 Å². The van der Waals surface area contributed by atoms with E-state index in [1.807, 2.05) is 18.2 Å². The van der Waals surface area contributed by atoms with Crippen LogP contribution in [0.1, 0.15) is 17.5 Å². The van der Waals surface area contributed by atoms with E-state index in [2.05, 4.69) is 5.32 Å². The Labute approximate surface area is 147 Å². The molecule has 0 radical (unpaired) electrons. The molecule has 3 N–H and O–H groups in total. The third-order valence-corrected chi connectivity index (χ3v) is 3.86. The molecule has 0 heterocycles. The van der Waals surface area contributed by atoms with Gasteiger partial charge in [0.25, 0.3) is 0 Å². The van der Waals surface area contributed by atoms with Gasteiger partial charge in [-0.15, -0.1) is 0 Å². The van der Waals surface area contributed by atoms with Gasteiger partial charge in [0.05, 0.1) is 14.2 Å². The number of hydrogen-bond donors (Lipinski definition) is 3. The summed E-state index contributed by atoms with van der Waals surface area (Å²) in [5, 5.41) is 21.6. The van der Waals surface area contributed by atoms with Gasteiger partial charge in [0.2, 0.25) is 5.91 Å². The molecule has 2 aromatic rings. The van der Waals surface area contributed by atoms with Gasteiger partial charge in [-0.3, -0.25) is 4.79 Å². The molecule has 0 aliphatic heterocycles. The molecule has 0 aliphatic carbocycles. The number of aromatic hydroxyl groups is 2. The Hall–Kier alpha value is -2.89. The molecule has 0 saturated carbocycles. The zero-order valence-electron chi connectivity index (χ0n) is 14.4. The normalized spacial score (nSPS) is 10.3. The molecule has 6 heteroatoms. The quantitative estimate of drug-likeness (QED) is 0.640. The van der Waals surface area contributed by atoms with Crippen molar-refractivity contribution in [1.82, 2.24) is 5.32 Å². The van der Waals surface area contributed by atoms with Crippen LogP contribution in [0.2, 0.25) is 0 Å². The van der Waals surface area contributed by atoms with E-state index in [-0.39, 0.29) is 17.4 Å². The number of hydrogen-bond acceptors (Lipinski definition) is 5. The molecule has 2 aromatic carbocycles. The van der Waals surface area contributed by atoms with Crippen LogP contribution in [0.5, 0.6) is 23.0 Å². The summed E-state index contributed by atoms with van der Waals surface area (Å²) >= 11 is 0. The maximum Gasteiger partial charge on any atom is 0.220 e. The maximum atomic E-state index is 11.9. The molecular formula is C19H23NO5. The number of carbonyl (C=O) groups excluding carboxylic acids is 1. The molecule has 6 nitrogen and oxygen atoms in total. The Bertz CT molecular complexity index is 730. The Morgan fingerprint density at radius 2 is 1.60 bits per heavy atom. The van der Waals surface area contributed by atoms with E-state index >= 15 is 0 Å². The molecule has 0 aromatic heterocycles. The van der Waals surface area contributed by atoms with Gasteiger partial charge in [0.15, 0.2) is 23.0 Å². The minimum atomic E-state index is -0.175. The van der Waals surface area contributed by atoms with Crippen LogP contribution >= 0.6 is 0 Å². The third-order valence-electron chi connectivity index (χ3n) is 3.86. The van der Waals surface area contributed by atoms with Gasteiger partial charge in [0, 0.05) is 13.0 Å². The van der Waals surface area contributed by atoms with Crippen molar-refractivity contribution >= 4 is 5.91 Å². The topological polar surface area (TPSA) is 88.0 Å². The van der Waals surface area contributed by atoms with Crippen molar-refractivity contribution < 1.29 is 24.5 Å².